The minimum atomic E-state index is -0.888. The van der Waals surface area contributed by atoms with Crippen LogP contribution in [0.3, 0.4) is 0 Å². The van der Waals surface area contributed by atoms with E-state index in [9.17, 15) is 9.59 Å². The lowest BCUT2D eigenvalue weighted by atomic mass is 10.1. The van der Waals surface area contributed by atoms with Gasteiger partial charge in [0.25, 0.3) is 0 Å². The van der Waals surface area contributed by atoms with Crippen molar-refractivity contribution in [1.82, 2.24) is 4.90 Å². The highest BCUT2D eigenvalue weighted by atomic mass is 16.5. The first-order valence-corrected chi connectivity index (χ1v) is 5.02. The monoisotopic (exact) mass is 217 g/mol. The second-order valence-corrected chi connectivity index (χ2v) is 3.51. The first-order valence-electron chi connectivity index (χ1n) is 5.02. The molecule has 0 fully saturated rings. The Kier molecular flexibility index (Phi) is 6.70. The topological polar surface area (TPSA) is 66.8 Å². The molecule has 0 rings (SSSR count). The van der Waals surface area contributed by atoms with Crippen molar-refractivity contribution < 1.29 is 19.4 Å². The number of amides is 1. The molecule has 0 aliphatic rings. The standard InChI is InChI=1S/C10H19NO4/c1-4-5-11(9(12)7-15-3)6-8(2)10(13)14/h8H,4-7H2,1-3H3,(H,13,14). The third-order valence-corrected chi connectivity index (χ3v) is 2.03. The van der Waals surface area contributed by atoms with Crippen LogP contribution < -0.4 is 0 Å². The number of hydrogen-bond acceptors (Lipinski definition) is 3. The summed E-state index contributed by atoms with van der Waals surface area (Å²) in [5.41, 5.74) is 0. The zero-order chi connectivity index (χ0) is 11.8. The van der Waals surface area contributed by atoms with Crippen molar-refractivity contribution >= 4 is 11.9 Å². The maximum Gasteiger partial charge on any atom is 0.308 e. The van der Waals surface area contributed by atoms with Gasteiger partial charge in [-0.05, 0) is 6.42 Å². The van der Waals surface area contributed by atoms with Crippen LogP contribution in [0, 0.1) is 5.92 Å². The van der Waals surface area contributed by atoms with Gasteiger partial charge in [0.2, 0.25) is 5.91 Å². The Balaban J connectivity index is 4.25. The van der Waals surface area contributed by atoms with E-state index >= 15 is 0 Å². The van der Waals surface area contributed by atoms with Crippen LogP contribution in [-0.4, -0.2) is 48.7 Å². The summed E-state index contributed by atoms with van der Waals surface area (Å²) < 4.78 is 4.73. The van der Waals surface area contributed by atoms with E-state index in [0.29, 0.717) is 6.54 Å². The van der Waals surface area contributed by atoms with Crippen molar-refractivity contribution in [3.05, 3.63) is 0 Å². The Morgan fingerprint density at radius 3 is 2.47 bits per heavy atom. The van der Waals surface area contributed by atoms with E-state index in [1.807, 2.05) is 6.92 Å². The average Bonchev–Trinajstić information content (AvgIpc) is 2.17. The summed E-state index contributed by atoms with van der Waals surface area (Å²) >= 11 is 0. The predicted octanol–water partition coefficient (Wildman–Crippen LogP) is 0.592. The van der Waals surface area contributed by atoms with Crippen molar-refractivity contribution in [3.63, 3.8) is 0 Å². The lowest BCUT2D eigenvalue weighted by molar-refractivity contribution is -0.143. The Hall–Kier alpha value is -1.10. The lowest BCUT2D eigenvalue weighted by Crippen LogP contribution is -2.39. The Morgan fingerprint density at radius 2 is 2.07 bits per heavy atom. The molecular formula is C10H19NO4. The molecule has 5 nitrogen and oxygen atoms in total. The maximum absolute atomic E-state index is 11.5. The van der Waals surface area contributed by atoms with Crippen LogP contribution in [0.4, 0.5) is 0 Å². The molecular weight excluding hydrogens is 198 g/mol. The van der Waals surface area contributed by atoms with Crippen LogP contribution in [0.15, 0.2) is 0 Å². The van der Waals surface area contributed by atoms with Gasteiger partial charge in [0, 0.05) is 20.2 Å². The van der Waals surface area contributed by atoms with Gasteiger partial charge in [-0.3, -0.25) is 9.59 Å². The molecule has 1 amide bonds. The third-order valence-electron chi connectivity index (χ3n) is 2.03. The number of carbonyl (C=O) groups excluding carboxylic acids is 1. The van der Waals surface area contributed by atoms with Crippen LogP contribution in [0.1, 0.15) is 20.3 Å². The molecule has 0 aromatic rings. The fraction of sp³-hybridized carbons (Fsp3) is 0.800. The SMILES string of the molecule is CCCN(CC(C)C(=O)O)C(=O)COC. The van der Waals surface area contributed by atoms with E-state index in [4.69, 9.17) is 9.84 Å². The van der Waals surface area contributed by atoms with Gasteiger partial charge < -0.3 is 14.7 Å². The van der Waals surface area contributed by atoms with Gasteiger partial charge >= 0.3 is 5.97 Å². The summed E-state index contributed by atoms with van der Waals surface area (Å²) in [4.78, 5) is 23.7. The Labute approximate surface area is 90.0 Å². The smallest absolute Gasteiger partial charge is 0.308 e. The number of rotatable bonds is 7. The minimum absolute atomic E-state index is 0.00629. The summed E-state index contributed by atoms with van der Waals surface area (Å²) in [6.07, 6.45) is 0.807. The second-order valence-electron chi connectivity index (χ2n) is 3.51. The second kappa shape index (κ2) is 7.23. The van der Waals surface area contributed by atoms with Crippen LogP contribution >= 0.6 is 0 Å². The van der Waals surface area contributed by atoms with Crippen LogP contribution in [-0.2, 0) is 14.3 Å². The third kappa shape index (κ3) is 5.37. The summed E-state index contributed by atoms with van der Waals surface area (Å²) in [6, 6.07) is 0. The summed E-state index contributed by atoms with van der Waals surface area (Å²) in [7, 11) is 1.45. The average molecular weight is 217 g/mol. The summed E-state index contributed by atoms with van der Waals surface area (Å²) in [5.74, 6) is -1.59. The highest BCUT2D eigenvalue weighted by Crippen LogP contribution is 2.02. The molecule has 88 valence electrons. The van der Waals surface area contributed by atoms with E-state index in [0.717, 1.165) is 6.42 Å². The number of ether oxygens (including phenoxy) is 1. The molecule has 15 heavy (non-hydrogen) atoms. The van der Waals surface area contributed by atoms with Crippen molar-refractivity contribution in [1.29, 1.82) is 0 Å². The normalized spacial score (nSPS) is 12.2. The molecule has 1 unspecified atom stereocenters. The van der Waals surface area contributed by atoms with Crippen molar-refractivity contribution in [2.45, 2.75) is 20.3 Å². The quantitative estimate of drug-likeness (QED) is 0.678. The molecule has 0 saturated heterocycles. The van der Waals surface area contributed by atoms with Crippen molar-refractivity contribution in [3.8, 4) is 0 Å². The van der Waals surface area contributed by atoms with E-state index in [1.54, 1.807) is 6.92 Å². The molecule has 0 bridgehead atoms. The van der Waals surface area contributed by atoms with Gasteiger partial charge in [0.1, 0.15) is 6.61 Å². The van der Waals surface area contributed by atoms with Gasteiger partial charge in [0.05, 0.1) is 5.92 Å². The van der Waals surface area contributed by atoms with E-state index in [-0.39, 0.29) is 19.1 Å². The first kappa shape index (κ1) is 13.9. The molecule has 1 N–H and O–H groups in total. The number of carboxylic acids is 1. The molecule has 1 atom stereocenters. The minimum Gasteiger partial charge on any atom is -0.481 e. The number of carbonyl (C=O) groups is 2. The first-order chi connectivity index (χ1) is 7.02. The highest BCUT2D eigenvalue weighted by molar-refractivity contribution is 5.78. The lowest BCUT2D eigenvalue weighted by Gasteiger charge is -2.23. The van der Waals surface area contributed by atoms with E-state index in [1.165, 1.54) is 12.0 Å². The molecule has 5 heteroatoms. The van der Waals surface area contributed by atoms with Crippen molar-refractivity contribution in [2.75, 3.05) is 26.8 Å². The summed E-state index contributed by atoms with van der Waals surface area (Å²) in [6.45, 7) is 4.35. The molecule has 0 heterocycles. The Bertz CT molecular complexity index is 217. The number of nitrogens with zero attached hydrogens (tertiary/aromatic N) is 1. The van der Waals surface area contributed by atoms with E-state index < -0.39 is 11.9 Å². The van der Waals surface area contributed by atoms with Crippen LogP contribution in [0.2, 0.25) is 0 Å². The Morgan fingerprint density at radius 1 is 1.47 bits per heavy atom. The molecule has 0 spiro atoms. The van der Waals surface area contributed by atoms with Gasteiger partial charge in [0.15, 0.2) is 0 Å². The molecule has 0 radical (unpaired) electrons. The van der Waals surface area contributed by atoms with Gasteiger partial charge in [-0.1, -0.05) is 13.8 Å². The molecule has 0 saturated carbocycles. The maximum atomic E-state index is 11.5. The van der Waals surface area contributed by atoms with E-state index in [2.05, 4.69) is 0 Å². The molecule has 0 aliphatic carbocycles. The van der Waals surface area contributed by atoms with Gasteiger partial charge in [-0.25, -0.2) is 0 Å². The van der Waals surface area contributed by atoms with Crippen LogP contribution in [0.25, 0.3) is 0 Å². The zero-order valence-corrected chi connectivity index (χ0v) is 9.52. The number of carboxylic acid groups (broad SMARTS) is 1. The van der Waals surface area contributed by atoms with Crippen molar-refractivity contribution in [2.24, 2.45) is 5.92 Å². The van der Waals surface area contributed by atoms with Gasteiger partial charge in [-0.2, -0.15) is 0 Å². The summed E-state index contributed by atoms with van der Waals surface area (Å²) in [5, 5.41) is 8.74. The predicted molar refractivity (Wildman–Crippen MR) is 55.5 cm³/mol. The number of hydrogen-bond donors (Lipinski definition) is 1. The largest absolute Gasteiger partial charge is 0.481 e. The number of methoxy groups -OCH3 is 1. The van der Waals surface area contributed by atoms with Crippen LogP contribution in [0.5, 0.6) is 0 Å². The van der Waals surface area contributed by atoms with Gasteiger partial charge in [-0.15, -0.1) is 0 Å². The zero-order valence-electron chi connectivity index (χ0n) is 9.52. The molecule has 0 aliphatic heterocycles. The fourth-order valence-corrected chi connectivity index (χ4v) is 1.21. The number of aliphatic carboxylic acids is 1. The molecule has 0 aromatic heterocycles. The molecule has 0 aromatic carbocycles. The highest BCUT2D eigenvalue weighted by Gasteiger charge is 2.19. The fourth-order valence-electron chi connectivity index (χ4n) is 1.21.